The fourth-order valence-corrected chi connectivity index (χ4v) is 6.69. The summed E-state index contributed by atoms with van der Waals surface area (Å²) < 4.78 is 0. The van der Waals surface area contributed by atoms with Crippen molar-refractivity contribution < 1.29 is 0 Å². The highest BCUT2D eigenvalue weighted by molar-refractivity contribution is 6.15. The van der Waals surface area contributed by atoms with Crippen LogP contribution < -0.4 is 0 Å². The van der Waals surface area contributed by atoms with Gasteiger partial charge in [0.05, 0.1) is 0 Å². The molecule has 0 unspecified atom stereocenters. The highest BCUT2D eigenvalue weighted by Gasteiger charge is 2.14. The first-order valence-corrected chi connectivity index (χ1v) is 14.9. The van der Waals surface area contributed by atoms with Crippen LogP contribution in [0.1, 0.15) is 16.7 Å². The Kier molecular flexibility index (Phi) is 6.12. The first-order valence-electron chi connectivity index (χ1n) is 14.9. The Bertz CT molecular complexity index is 2330. The van der Waals surface area contributed by atoms with E-state index >= 15 is 0 Å². The van der Waals surface area contributed by atoms with Crippen molar-refractivity contribution in [2.45, 2.75) is 6.92 Å². The van der Waals surface area contributed by atoms with Gasteiger partial charge in [-0.3, -0.25) is 0 Å². The minimum absolute atomic E-state index is 1.20. The van der Waals surface area contributed by atoms with Gasteiger partial charge in [0.25, 0.3) is 0 Å². The summed E-state index contributed by atoms with van der Waals surface area (Å²) >= 11 is 0. The predicted octanol–water partition coefficient (Wildman–Crippen LogP) is 12.1. The van der Waals surface area contributed by atoms with E-state index in [2.05, 4.69) is 171 Å². The molecule has 0 spiro atoms. The normalized spacial score (nSPS) is 11.7. The van der Waals surface area contributed by atoms with Crippen LogP contribution in [0.5, 0.6) is 0 Å². The lowest BCUT2D eigenvalue weighted by atomic mass is 9.87. The standard InChI is InChI=1S/C43H30/c1-29-35(24-21-30-11-3-2-4-12-30)43-28-34(39-20-10-16-32-14-6-8-18-37(32)39)23-26-41(43)40-25-22-33(27-42(29)40)38-19-9-15-31-13-5-7-17-36(31)38/h2-28H,1H3. The number of hydrogen-bond donors (Lipinski definition) is 0. The van der Waals surface area contributed by atoms with Gasteiger partial charge in [-0.15, -0.1) is 0 Å². The first-order chi connectivity index (χ1) is 21.2. The van der Waals surface area contributed by atoms with Gasteiger partial charge in [-0.2, -0.15) is 0 Å². The molecule has 0 bridgehead atoms. The molecule has 0 radical (unpaired) electrons. The molecule has 0 saturated heterocycles. The Hall–Kier alpha value is -5.46. The lowest BCUT2D eigenvalue weighted by Gasteiger charge is -2.16. The lowest BCUT2D eigenvalue weighted by molar-refractivity contribution is 1.52. The Morgan fingerprint density at radius 1 is 0.372 bits per heavy atom. The van der Waals surface area contributed by atoms with E-state index in [4.69, 9.17) is 0 Å². The summed E-state index contributed by atoms with van der Waals surface area (Å²) in [5, 5.41) is 10.2. The minimum atomic E-state index is 1.20. The Balaban J connectivity index is 1.39. The molecular formula is C43H30. The van der Waals surface area contributed by atoms with Gasteiger partial charge < -0.3 is 0 Å². The zero-order valence-electron chi connectivity index (χ0n) is 24.1. The van der Waals surface area contributed by atoms with E-state index in [0.717, 1.165) is 0 Å². The summed E-state index contributed by atoms with van der Waals surface area (Å²) in [6.45, 7) is 2.28. The van der Waals surface area contributed by atoms with Crippen LogP contribution in [-0.4, -0.2) is 0 Å². The van der Waals surface area contributed by atoms with Crippen LogP contribution in [0.4, 0.5) is 0 Å². The van der Waals surface area contributed by atoms with Crippen molar-refractivity contribution in [3.63, 3.8) is 0 Å². The molecule has 202 valence electrons. The van der Waals surface area contributed by atoms with Gasteiger partial charge in [0, 0.05) is 0 Å². The van der Waals surface area contributed by atoms with Gasteiger partial charge in [0.1, 0.15) is 0 Å². The van der Waals surface area contributed by atoms with Gasteiger partial charge >= 0.3 is 0 Å². The second-order valence-electron chi connectivity index (χ2n) is 11.4. The van der Waals surface area contributed by atoms with E-state index in [1.54, 1.807) is 0 Å². The number of benzene rings is 8. The molecule has 8 aromatic carbocycles. The van der Waals surface area contributed by atoms with Crippen LogP contribution in [-0.2, 0) is 0 Å². The molecule has 0 aromatic heterocycles. The second-order valence-corrected chi connectivity index (χ2v) is 11.4. The summed E-state index contributed by atoms with van der Waals surface area (Å²) in [5.74, 6) is 0. The van der Waals surface area contributed by atoms with Gasteiger partial charge in [0.15, 0.2) is 0 Å². The number of aryl methyl sites for hydroxylation is 1. The van der Waals surface area contributed by atoms with Crippen molar-refractivity contribution in [2.24, 2.45) is 0 Å². The molecule has 0 heteroatoms. The largest absolute Gasteiger partial charge is 0.0622 e. The van der Waals surface area contributed by atoms with Crippen LogP contribution >= 0.6 is 0 Å². The molecule has 8 rings (SSSR count). The third-order valence-electron chi connectivity index (χ3n) is 8.87. The average molecular weight is 547 g/mol. The van der Waals surface area contributed by atoms with E-state index in [1.807, 2.05) is 0 Å². The van der Waals surface area contributed by atoms with Gasteiger partial charge in [-0.05, 0) is 101 Å². The Morgan fingerprint density at radius 2 is 0.884 bits per heavy atom. The third kappa shape index (κ3) is 4.40. The zero-order chi connectivity index (χ0) is 28.8. The summed E-state index contributed by atoms with van der Waals surface area (Å²) in [6, 6.07) is 55.1. The summed E-state index contributed by atoms with van der Waals surface area (Å²) in [7, 11) is 0. The van der Waals surface area contributed by atoms with E-state index in [0.29, 0.717) is 0 Å². The highest BCUT2D eigenvalue weighted by Crippen LogP contribution is 2.40. The molecule has 8 aromatic rings. The van der Waals surface area contributed by atoms with Gasteiger partial charge in [-0.25, -0.2) is 0 Å². The van der Waals surface area contributed by atoms with Crippen LogP contribution in [0, 0.1) is 6.92 Å². The molecule has 0 heterocycles. The molecule has 0 aliphatic rings. The molecule has 0 nitrogen and oxygen atoms in total. The Labute approximate surface area is 252 Å². The first kappa shape index (κ1) is 25.3. The number of rotatable bonds is 4. The molecule has 0 aliphatic carbocycles. The lowest BCUT2D eigenvalue weighted by Crippen LogP contribution is -1.92. The van der Waals surface area contributed by atoms with Crippen LogP contribution in [0.3, 0.4) is 0 Å². The fourth-order valence-electron chi connectivity index (χ4n) is 6.69. The maximum absolute atomic E-state index is 2.40. The number of hydrogen-bond acceptors (Lipinski definition) is 0. The minimum Gasteiger partial charge on any atom is -0.0622 e. The van der Waals surface area contributed by atoms with Crippen molar-refractivity contribution in [1.29, 1.82) is 0 Å². The van der Waals surface area contributed by atoms with Crippen LogP contribution in [0.15, 0.2) is 152 Å². The number of fused-ring (bicyclic) bond motifs is 5. The van der Waals surface area contributed by atoms with Crippen LogP contribution in [0.2, 0.25) is 0 Å². The molecular weight excluding hydrogens is 516 g/mol. The summed E-state index contributed by atoms with van der Waals surface area (Å²) in [4.78, 5) is 0. The maximum atomic E-state index is 2.40. The molecule has 0 aliphatic heterocycles. The van der Waals surface area contributed by atoms with Crippen molar-refractivity contribution in [3.8, 4) is 22.3 Å². The smallest absolute Gasteiger partial charge is 0.00961 e. The SMILES string of the molecule is Cc1c(C=Cc2ccccc2)c2cc(-c3cccc4ccccc34)ccc2c2ccc(-c3cccc4ccccc34)cc12. The van der Waals surface area contributed by atoms with E-state index in [1.165, 1.54) is 82.0 Å². The maximum Gasteiger partial charge on any atom is -0.00961 e. The Morgan fingerprint density at radius 3 is 1.51 bits per heavy atom. The van der Waals surface area contributed by atoms with Crippen LogP contribution in [0.25, 0.3) is 77.5 Å². The molecule has 0 saturated carbocycles. The summed E-state index contributed by atoms with van der Waals surface area (Å²) in [6.07, 6.45) is 4.55. The third-order valence-corrected chi connectivity index (χ3v) is 8.87. The average Bonchev–Trinajstić information content (AvgIpc) is 3.08. The van der Waals surface area contributed by atoms with Gasteiger partial charge in [0.2, 0.25) is 0 Å². The molecule has 0 amide bonds. The predicted molar refractivity (Wildman–Crippen MR) is 187 cm³/mol. The van der Waals surface area contributed by atoms with E-state index in [-0.39, 0.29) is 0 Å². The van der Waals surface area contributed by atoms with Crippen molar-refractivity contribution in [2.75, 3.05) is 0 Å². The highest BCUT2D eigenvalue weighted by atomic mass is 14.2. The monoisotopic (exact) mass is 546 g/mol. The second kappa shape index (κ2) is 10.4. The fraction of sp³-hybridized carbons (Fsp3) is 0.0233. The summed E-state index contributed by atoms with van der Waals surface area (Å²) in [5.41, 5.74) is 8.79. The molecule has 0 N–H and O–H groups in total. The zero-order valence-corrected chi connectivity index (χ0v) is 24.1. The molecule has 0 atom stereocenters. The van der Waals surface area contributed by atoms with Gasteiger partial charge in [-0.1, -0.05) is 152 Å². The van der Waals surface area contributed by atoms with E-state index < -0.39 is 0 Å². The van der Waals surface area contributed by atoms with E-state index in [9.17, 15) is 0 Å². The van der Waals surface area contributed by atoms with Crippen molar-refractivity contribution in [3.05, 3.63) is 168 Å². The molecule has 43 heavy (non-hydrogen) atoms. The van der Waals surface area contributed by atoms with Crippen molar-refractivity contribution >= 4 is 55.2 Å². The topological polar surface area (TPSA) is 0 Å². The quantitative estimate of drug-likeness (QED) is 0.152. The van der Waals surface area contributed by atoms with Crippen molar-refractivity contribution in [1.82, 2.24) is 0 Å². The molecule has 0 fully saturated rings.